The lowest BCUT2D eigenvalue weighted by atomic mass is 10.0. The number of nitrogens with zero attached hydrogens (tertiary/aromatic N) is 2. The minimum atomic E-state index is 0.241. The molecule has 4 heteroatoms. The summed E-state index contributed by atoms with van der Waals surface area (Å²) < 4.78 is 2.18. The molecule has 0 aromatic carbocycles. The first-order chi connectivity index (χ1) is 7.23. The fourth-order valence-electron chi connectivity index (χ4n) is 2.06. The lowest BCUT2D eigenvalue weighted by Gasteiger charge is -2.24. The SMILES string of the molecule is CCn1ccnc1CNC1(C)CCNC1. The first-order valence-electron chi connectivity index (χ1n) is 5.69. The lowest BCUT2D eigenvalue weighted by Crippen LogP contribution is -2.44. The molecule has 1 aromatic heterocycles. The van der Waals surface area contributed by atoms with Crippen molar-refractivity contribution in [3.05, 3.63) is 18.2 Å². The summed E-state index contributed by atoms with van der Waals surface area (Å²) in [5.74, 6) is 1.13. The van der Waals surface area contributed by atoms with Gasteiger partial charge in [-0.3, -0.25) is 0 Å². The van der Waals surface area contributed by atoms with E-state index in [-0.39, 0.29) is 5.54 Å². The largest absolute Gasteiger partial charge is 0.334 e. The molecule has 1 fully saturated rings. The van der Waals surface area contributed by atoms with Crippen LogP contribution in [0.4, 0.5) is 0 Å². The van der Waals surface area contributed by atoms with Crippen molar-refractivity contribution in [1.29, 1.82) is 0 Å². The highest BCUT2D eigenvalue weighted by Crippen LogP contribution is 2.13. The second kappa shape index (κ2) is 4.33. The van der Waals surface area contributed by atoms with Crippen LogP contribution in [0.1, 0.15) is 26.1 Å². The van der Waals surface area contributed by atoms with Gasteiger partial charge in [-0.25, -0.2) is 4.98 Å². The van der Waals surface area contributed by atoms with E-state index in [4.69, 9.17) is 0 Å². The summed E-state index contributed by atoms with van der Waals surface area (Å²) in [6.45, 7) is 8.44. The Bertz CT molecular complexity index is 312. The Labute approximate surface area is 91.1 Å². The molecule has 0 spiro atoms. The quantitative estimate of drug-likeness (QED) is 0.767. The van der Waals surface area contributed by atoms with Gasteiger partial charge in [-0.1, -0.05) is 0 Å². The van der Waals surface area contributed by atoms with Crippen LogP contribution in [0.25, 0.3) is 0 Å². The van der Waals surface area contributed by atoms with Crippen LogP contribution in [0.3, 0.4) is 0 Å². The fourth-order valence-corrected chi connectivity index (χ4v) is 2.06. The molecular formula is C11H20N4. The van der Waals surface area contributed by atoms with Gasteiger partial charge in [-0.15, -0.1) is 0 Å². The topological polar surface area (TPSA) is 41.9 Å². The van der Waals surface area contributed by atoms with E-state index in [1.54, 1.807) is 0 Å². The average Bonchev–Trinajstić information content (AvgIpc) is 2.84. The van der Waals surface area contributed by atoms with E-state index in [0.717, 1.165) is 32.0 Å². The average molecular weight is 208 g/mol. The van der Waals surface area contributed by atoms with E-state index < -0.39 is 0 Å². The van der Waals surface area contributed by atoms with Crippen molar-refractivity contribution in [3.8, 4) is 0 Å². The first kappa shape index (κ1) is 10.6. The van der Waals surface area contributed by atoms with Crippen molar-refractivity contribution in [1.82, 2.24) is 20.2 Å². The minimum Gasteiger partial charge on any atom is -0.334 e. The van der Waals surface area contributed by atoms with Crippen molar-refractivity contribution in [2.24, 2.45) is 0 Å². The Balaban J connectivity index is 1.92. The smallest absolute Gasteiger partial charge is 0.122 e. The molecule has 1 aliphatic heterocycles. The third kappa shape index (κ3) is 2.38. The molecule has 1 saturated heterocycles. The molecule has 84 valence electrons. The number of hydrogen-bond donors (Lipinski definition) is 2. The van der Waals surface area contributed by atoms with E-state index >= 15 is 0 Å². The highest BCUT2D eigenvalue weighted by atomic mass is 15.1. The third-order valence-corrected chi connectivity index (χ3v) is 3.18. The molecule has 0 aliphatic carbocycles. The Morgan fingerprint density at radius 1 is 1.67 bits per heavy atom. The second-order valence-corrected chi connectivity index (χ2v) is 4.47. The molecule has 1 aromatic rings. The summed E-state index contributed by atoms with van der Waals surface area (Å²) in [5, 5.41) is 6.97. The summed E-state index contributed by atoms with van der Waals surface area (Å²) in [5.41, 5.74) is 0.241. The van der Waals surface area contributed by atoms with E-state index in [9.17, 15) is 0 Å². The van der Waals surface area contributed by atoms with E-state index in [1.165, 1.54) is 6.42 Å². The van der Waals surface area contributed by atoms with Gasteiger partial charge in [0.05, 0.1) is 6.54 Å². The van der Waals surface area contributed by atoms with Gasteiger partial charge in [-0.2, -0.15) is 0 Å². The summed E-state index contributed by atoms with van der Waals surface area (Å²) in [7, 11) is 0. The Morgan fingerprint density at radius 2 is 2.53 bits per heavy atom. The zero-order valence-corrected chi connectivity index (χ0v) is 9.58. The molecular weight excluding hydrogens is 188 g/mol. The van der Waals surface area contributed by atoms with Crippen LogP contribution in [-0.4, -0.2) is 28.2 Å². The van der Waals surface area contributed by atoms with Crippen LogP contribution in [0.15, 0.2) is 12.4 Å². The van der Waals surface area contributed by atoms with Gasteiger partial charge >= 0.3 is 0 Å². The van der Waals surface area contributed by atoms with Gasteiger partial charge in [0.1, 0.15) is 5.82 Å². The van der Waals surface area contributed by atoms with Gasteiger partial charge < -0.3 is 15.2 Å². The molecule has 0 radical (unpaired) electrons. The normalized spacial score (nSPS) is 26.0. The maximum absolute atomic E-state index is 4.36. The van der Waals surface area contributed by atoms with Crippen LogP contribution in [-0.2, 0) is 13.1 Å². The number of aromatic nitrogens is 2. The Morgan fingerprint density at radius 3 is 3.20 bits per heavy atom. The van der Waals surface area contributed by atoms with Gasteiger partial charge in [-0.05, 0) is 26.8 Å². The molecule has 2 rings (SSSR count). The molecule has 0 saturated carbocycles. The summed E-state index contributed by atoms with van der Waals surface area (Å²) in [4.78, 5) is 4.36. The van der Waals surface area contributed by atoms with Crippen LogP contribution < -0.4 is 10.6 Å². The van der Waals surface area contributed by atoms with Crippen LogP contribution >= 0.6 is 0 Å². The highest BCUT2D eigenvalue weighted by Gasteiger charge is 2.27. The van der Waals surface area contributed by atoms with Crippen LogP contribution in [0.5, 0.6) is 0 Å². The van der Waals surface area contributed by atoms with Crippen molar-refractivity contribution < 1.29 is 0 Å². The van der Waals surface area contributed by atoms with Crippen LogP contribution in [0.2, 0.25) is 0 Å². The zero-order chi connectivity index (χ0) is 10.7. The van der Waals surface area contributed by atoms with Crippen molar-refractivity contribution in [2.45, 2.75) is 38.9 Å². The zero-order valence-electron chi connectivity index (χ0n) is 9.58. The number of rotatable bonds is 4. The molecule has 1 atom stereocenters. The summed E-state index contributed by atoms with van der Waals surface area (Å²) >= 11 is 0. The predicted molar refractivity (Wildman–Crippen MR) is 60.6 cm³/mol. The number of nitrogens with one attached hydrogen (secondary N) is 2. The van der Waals surface area contributed by atoms with Crippen molar-refractivity contribution in [2.75, 3.05) is 13.1 Å². The van der Waals surface area contributed by atoms with Crippen molar-refractivity contribution >= 4 is 0 Å². The number of imidazole rings is 1. The summed E-state index contributed by atoms with van der Waals surface area (Å²) in [6, 6.07) is 0. The molecule has 1 aliphatic rings. The molecule has 1 unspecified atom stereocenters. The molecule has 2 heterocycles. The lowest BCUT2D eigenvalue weighted by molar-refractivity contribution is 0.377. The number of aryl methyl sites for hydroxylation is 1. The number of hydrogen-bond acceptors (Lipinski definition) is 3. The molecule has 0 amide bonds. The van der Waals surface area contributed by atoms with E-state index in [2.05, 4.69) is 34.0 Å². The van der Waals surface area contributed by atoms with Gasteiger partial charge in [0, 0.05) is 31.0 Å². The van der Waals surface area contributed by atoms with E-state index in [1.807, 2.05) is 12.4 Å². The van der Waals surface area contributed by atoms with E-state index in [0.29, 0.717) is 0 Å². The fraction of sp³-hybridized carbons (Fsp3) is 0.727. The maximum atomic E-state index is 4.36. The second-order valence-electron chi connectivity index (χ2n) is 4.47. The van der Waals surface area contributed by atoms with Gasteiger partial charge in [0.15, 0.2) is 0 Å². The Kier molecular flexibility index (Phi) is 3.07. The Hall–Kier alpha value is -0.870. The molecule has 2 N–H and O–H groups in total. The maximum Gasteiger partial charge on any atom is 0.122 e. The predicted octanol–water partition coefficient (Wildman–Crippen LogP) is 0.745. The molecule has 0 bridgehead atoms. The van der Waals surface area contributed by atoms with Gasteiger partial charge in [0.2, 0.25) is 0 Å². The highest BCUT2D eigenvalue weighted by molar-refractivity contribution is 4.97. The minimum absolute atomic E-state index is 0.241. The van der Waals surface area contributed by atoms with Crippen LogP contribution in [0, 0.1) is 0 Å². The van der Waals surface area contributed by atoms with Gasteiger partial charge in [0.25, 0.3) is 0 Å². The first-order valence-corrected chi connectivity index (χ1v) is 5.69. The summed E-state index contributed by atoms with van der Waals surface area (Å²) in [6.07, 6.45) is 5.10. The molecule has 4 nitrogen and oxygen atoms in total. The molecule has 15 heavy (non-hydrogen) atoms. The monoisotopic (exact) mass is 208 g/mol. The van der Waals surface area contributed by atoms with Crippen molar-refractivity contribution in [3.63, 3.8) is 0 Å². The standard InChI is InChI=1S/C11H20N4/c1-3-15-7-6-13-10(15)8-14-11(2)4-5-12-9-11/h6-7,12,14H,3-5,8-9H2,1-2H3. The third-order valence-electron chi connectivity index (χ3n) is 3.18.